The Morgan fingerprint density at radius 3 is 3.11 bits per heavy atom. The van der Waals surface area contributed by atoms with Crippen LogP contribution in [0, 0.1) is 6.92 Å². The number of carbonyl (C=O) groups is 1. The van der Waals surface area contributed by atoms with Gasteiger partial charge in [-0.1, -0.05) is 6.42 Å². The molecule has 1 fully saturated rings. The monoisotopic (exact) mass is 248 g/mol. The standard InChI is InChI=1S/C13H20N4O/c1-9-5-6-11(12(14)18)13(16-9)17-10-4-2-3-7-15-8-10/h5-6,10,15H,2-4,7-8H2,1H3,(H2,14,18)(H,16,17). The van der Waals surface area contributed by atoms with Crippen LogP contribution in [0.3, 0.4) is 0 Å². The summed E-state index contributed by atoms with van der Waals surface area (Å²) in [6.45, 7) is 3.86. The molecule has 0 aromatic carbocycles. The molecule has 1 aromatic rings. The molecule has 1 amide bonds. The van der Waals surface area contributed by atoms with E-state index in [1.165, 1.54) is 12.8 Å². The summed E-state index contributed by atoms with van der Waals surface area (Å²) in [7, 11) is 0. The summed E-state index contributed by atoms with van der Waals surface area (Å²) in [5.74, 6) is 0.169. The molecule has 5 heteroatoms. The summed E-state index contributed by atoms with van der Waals surface area (Å²) in [5.41, 5.74) is 6.71. The van der Waals surface area contributed by atoms with Gasteiger partial charge in [-0.15, -0.1) is 0 Å². The van der Waals surface area contributed by atoms with E-state index in [1.54, 1.807) is 12.1 Å². The van der Waals surface area contributed by atoms with Gasteiger partial charge in [0.1, 0.15) is 5.82 Å². The highest BCUT2D eigenvalue weighted by molar-refractivity contribution is 5.97. The lowest BCUT2D eigenvalue weighted by Crippen LogP contribution is -2.32. The lowest BCUT2D eigenvalue weighted by Gasteiger charge is -2.18. The number of pyridine rings is 1. The van der Waals surface area contributed by atoms with E-state index in [0.29, 0.717) is 17.4 Å². The van der Waals surface area contributed by atoms with Crippen LogP contribution in [0.4, 0.5) is 5.82 Å². The van der Waals surface area contributed by atoms with E-state index in [-0.39, 0.29) is 0 Å². The molecule has 1 aliphatic rings. The van der Waals surface area contributed by atoms with E-state index in [9.17, 15) is 4.79 Å². The first-order chi connectivity index (χ1) is 8.66. The summed E-state index contributed by atoms with van der Waals surface area (Å²) in [5, 5.41) is 6.71. The predicted octanol–water partition coefficient (Wildman–Crippen LogP) is 1.04. The number of primary amides is 1. The topological polar surface area (TPSA) is 80.0 Å². The molecule has 1 aliphatic heterocycles. The maximum atomic E-state index is 11.4. The highest BCUT2D eigenvalue weighted by atomic mass is 16.1. The Bertz CT molecular complexity index is 425. The number of aromatic nitrogens is 1. The maximum Gasteiger partial charge on any atom is 0.252 e. The van der Waals surface area contributed by atoms with Gasteiger partial charge in [0.25, 0.3) is 5.91 Å². The molecule has 4 N–H and O–H groups in total. The number of hydrogen-bond donors (Lipinski definition) is 3. The van der Waals surface area contributed by atoms with Crippen molar-refractivity contribution in [2.24, 2.45) is 5.73 Å². The number of nitrogens with one attached hydrogen (secondary N) is 2. The molecule has 98 valence electrons. The fraction of sp³-hybridized carbons (Fsp3) is 0.538. The number of carbonyl (C=O) groups excluding carboxylic acids is 1. The summed E-state index contributed by atoms with van der Waals surface area (Å²) in [4.78, 5) is 15.7. The molecule has 0 saturated carbocycles. The van der Waals surface area contributed by atoms with Crippen molar-refractivity contribution in [1.82, 2.24) is 10.3 Å². The number of anilines is 1. The molecule has 1 aromatic heterocycles. The maximum absolute atomic E-state index is 11.4. The smallest absolute Gasteiger partial charge is 0.252 e. The van der Waals surface area contributed by atoms with E-state index < -0.39 is 5.91 Å². The van der Waals surface area contributed by atoms with Crippen LogP contribution in [0.15, 0.2) is 12.1 Å². The minimum atomic E-state index is -0.438. The molecule has 1 unspecified atom stereocenters. The predicted molar refractivity (Wildman–Crippen MR) is 71.6 cm³/mol. The van der Waals surface area contributed by atoms with Crippen molar-refractivity contribution in [2.45, 2.75) is 32.2 Å². The second-order valence-electron chi connectivity index (χ2n) is 4.75. The van der Waals surface area contributed by atoms with Crippen LogP contribution in [0.2, 0.25) is 0 Å². The van der Waals surface area contributed by atoms with E-state index in [2.05, 4.69) is 15.6 Å². The van der Waals surface area contributed by atoms with Gasteiger partial charge in [0.05, 0.1) is 5.56 Å². The molecular formula is C13H20N4O. The van der Waals surface area contributed by atoms with Crippen molar-refractivity contribution in [3.63, 3.8) is 0 Å². The third kappa shape index (κ3) is 3.20. The molecule has 0 aliphatic carbocycles. The second-order valence-corrected chi connectivity index (χ2v) is 4.75. The summed E-state index contributed by atoms with van der Waals surface area (Å²) >= 11 is 0. The number of nitrogens with two attached hydrogens (primary N) is 1. The molecule has 1 atom stereocenters. The Kier molecular flexibility index (Phi) is 4.15. The van der Waals surface area contributed by atoms with Gasteiger partial charge in [0.15, 0.2) is 0 Å². The first kappa shape index (κ1) is 12.8. The van der Waals surface area contributed by atoms with Crippen LogP contribution in [-0.2, 0) is 0 Å². The second kappa shape index (κ2) is 5.82. The Morgan fingerprint density at radius 2 is 2.33 bits per heavy atom. The molecule has 2 heterocycles. The summed E-state index contributed by atoms with van der Waals surface area (Å²) in [6.07, 6.45) is 3.46. The van der Waals surface area contributed by atoms with Crippen LogP contribution < -0.4 is 16.4 Å². The van der Waals surface area contributed by atoms with Gasteiger partial charge in [0.2, 0.25) is 0 Å². The van der Waals surface area contributed by atoms with E-state index in [1.807, 2.05) is 6.92 Å². The van der Waals surface area contributed by atoms with Crippen molar-refractivity contribution in [2.75, 3.05) is 18.4 Å². The molecule has 1 saturated heterocycles. The number of rotatable bonds is 3. The van der Waals surface area contributed by atoms with Crippen molar-refractivity contribution in [3.8, 4) is 0 Å². The average Bonchev–Trinajstić information content (AvgIpc) is 2.57. The lowest BCUT2D eigenvalue weighted by atomic mass is 10.1. The van der Waals surface area contributed by atoms with Gasteiger partial charge in [-0.2, -0.15) is 0 Å². The molecule has 2 rings (SSSR count). The quantitative estimate of drug-likeness (QED) is 0.746. The van der Waals surface area contributed by atoms with Crippen LogP contribution in [0.1, 0.15) is 35.3 Å². The van der Waals surface area contributed by atoms with Crippen LogP contribution in [0.5, 0.6) is 0 Å². The fourth-order valence-corrected chi connectivity index (χ4v) is 2.20. The summed E-state index contributed by atoms with van der Waals surface area (Å²) < 4.78 is 0. The normalized spacial score (nSPS) is 20.2. The highest BCUT2D eigenvalue weighted by Crippen LogP contribution is 2.16. The largest absolute Gasteiger partial charge is 0.365 e. The Labute approximate surface area is 107 Å². The minimum absolute atomic E-state index is 0.305. The number of amides is 1. The summed E-state index contributed by atoms with van der Waals surface area (Å²) in [6, 6.07) is 3.84. The Morgan fingerprint density at radius 1 is 1.50 bits per heavy atom. The molecule has 0 spiro atoms. The SMILES string of the molecule is Cc1ccc(C(N)=O)c(NC2CCCCNC2)n1. The zero-order valence-electron chi connectivity index (χ0n) is 10.7. The molecule has 5 nitrogen and oxygen atoms in total. The third-order valence-electron chi connectivity index (χ3n) is 3.19. The van der Waals surface area contributed by atoms with Gasteiger partial charge in [0, 0.05) is 18.3 Å². The van der Waals surface area contributed by atoms with Gasteiger partial charge in [-0.25, -0.2) is 4.98 Å². The number of hydrogen-bond acceptors (Lipinski definition) is 4. The minimum Gasteiger partial charge on any atom is -0.365 e. The third-order valence-corrected chi connectivity index (χ3v) is 3.19. The molecule has 0 radical (unpaired) electrons. The first-order valence-electron chi connectivity index (χ1n) is 6.41. The zero-order chi connectivity index (χ0) is 13.0. The van der Waals surface area contributed by atoms with Crippen LogP contribution in [0.25, 0.3) is 0 Å². The Balaban J connectivity index is 2.15. The number of aryl methyl sites for hydroxylation is 1. The molecular weight excluding hydrogens is 228 g/mol. The van der Waals surface area contributed by atoms with Crippen molar-refractivity contribution in [1.29, 1.82) is 0 Å². The van der Waals surface area contributed by atoms with Gasteiger partial charge < -0.3 is 16.4 Å². The van der Waals surface area contributed by atoms with E-state index in [0.717, 1.165) is 25.2 Å². The van der Waals surface area contributed by atoms with Crippen molar-refractivity contribution in [3.05, 3.63) is 23.4 Å². The zero-order valence-corrected chi connectivity index (χ0v) is 10.7. The van der Waals surface area contributed by atoms with E-state index >= 15 is 0 Å². The van der Waals surface area contributed by atoms with Crippen molar-refractivity contribution < 1.29 is 4.79 Å². The fourth-order valence-electron chi connectivity index (χ4n) is 2.20. The molecule has 0 bridgehead atoms. The van der Waals surface area contributed by atoms with Gasteiger partial charge in [-0.3, -0.25) is 4.79 Å². The number of nitrogens with zero attached hydrogens (tertiary/aromatic N) is 1. The molecule has 18 heavy (non-hydrogen) atoms. The highest BCUT2D eigenvalue weighted by Gasteiger charge is 2.16. The van der Waals surface area contributed by atoms with Crippen molar-refractivity contribution >= 4 is 11.7 Å². The lowest BCUT2D eigenvalue weighted by molar-refractivity contribution is 0.100. The van der Waals surface area contributed by atoms with Gasteiger partial charge >= 0.3 is 0 Å². The van der Waals surface area contributed by atoms with Crippen LogP contribution in [-0.4, -0.2) is 30.0 Å². The first-order valence-corrected chi connectivity index (χ1v) is 6.41. The van der Waals surface area contributed by atoms with Gasteiger partial charge in [-0.05, 0) is 38.4 Å². The van der Waals surface area contributed by atoms with Crippen LogP contribution >= 0.6 is 0 Å². The van der Waals surface area contributed by atoms with E-state index in [4.69, 9.17) is 5.73 Å². The Hall–Kier alpha value is -1.62. The average molecular weight is 248 g/mol.